The molecule has 1 aliphatic rings. The molecule has 1 amide bonds. The Morgan fingerprint density at radius 2 is 2.06 bits per heavy atom. The molecule has 0 radical (unpaired) electrons. The molecule has 3 atom stereocenters. The molecule has 0 aromatic carbocycles. The molecule has 1 N–H and O–H groups in total. The summed E-state index contributed by atoms with van der Waals surface area (Å²) in [5.74, 6) is 0.919. The largest absolute Gasteiger partial charge is 0.326 e. The van der Waals surface area contributed by atoms with Crippen LogP contribution < -0.4 is 5.32 Å². The fourth-order valence-corrected chi connectivity index (χ4v) is 2.73. The molecular weight excluding hydrogens is 244 g/mol. The van der Waals surface area contributed by atoms with Gasteiger partial charge in [-0.15, -0.1) is 0 Å². The van der Waals surface area contributed by atoms with Crippen LogP contribution in [-0.4, -0.2) is 41.1 Å². The first-order chi connectivity index (χ1) is 8.49. The van der Waals surface area contributed by atoms with Crippen LogP contribution in [0, 0.1) is 5.92 Å². The van der Waals surface area contributed by atoms with Crippen molar-refractivity contribution in [3.8, 4) is 0 Å². The first-order valence-electron chi connectivity index (χ1n) is 7.08. The Bertz CT molecular complexity index is 271. The van der Waals surface area contributed by atoms with E-state index >= 15 is 0 Å². The van der Waals surface area contributed by atoms with Crippen molar-refractivity contribution >= 4 is 17.7 Å². The number of nitrogens with one attached hydrogen (secondary N) is 1. The van der Waals surface area contributed by atoms with Crippen LogP contribution in [0.4, 0.5) is 0 Å². The number of hydrogen-bond acceptors (Lipinski definition) is 3. The van der Waals surface area contributed by atoms with Gasteiger partial charge in [-0.3, -0.25) is 10.1 Å². The van der Waals surface area contributed by atoms with E-state index in [1.165, 1.54) is 0 Å². The van der Waals surface area contributed by atoms with Crippen LogP contribution in [0.5, 0.6) is 0 Å². The highest BCUT2D eigenvalue weighted by Crippen LogP contribution is 2.21. The Labute approximate surface area is 116 Å². The molecule has 0 aromatic rings. The van der Waals surface area contributed by atoms with E-state index in [1.54, 1.807) is 0 Å². The zero-order chi connectivity index (χ0) is 13.7. The molecule has 3 unspecified atom stereocenters. The molecule has 18 heavy (non-hydrogen) atoms. The molecule has 0 bridgehead atoms. The summed E-state index contributed by atoms with van der Waals surface area (Å²) in [7, 11) is 0. The highest BCUT2D eigenvalue weighted by atomic mass is 32.2. The van der Waals surface area contributed by atoms with Crippen LogP contribution in [0.3, 0.4) is 0 Å². The van der Waals surface area contributed by atoms with Gasteiger partial charge in [-0.25, -0.2) is 0 Å². The van der Waals surface area contributed by atoms with Crippen molar-refractivity contribution in [3.63, 3.8) is 0 Å². The van der Waals surface area contributed by atoms with Crippen LogP contribution in [0.2, 0.25) is 0 Å². The molecule has 0 saturated carbocycles. The van der Waals surface area contributed by atoms with Gasteiger partial charge in [-0.2, -0.15) is 11.8 Å². The lowest BCUT2D eigenvalue weighted by Gasteiger charge is -2.26. The summed E-state index contributed by atoms with van der Waals surface area (Å²) < 4.78 is 0. The Balaban J connectivity index is 2.60. The number of carbonyl (C=O) groups excluding carboxylic acids is 1. The van der Waals surface area contributed by atoms with Gasteiger partial charge in [-0.05, 0) is 31.4 Å². The highest BCUT2D eigenvalue weighted by Gasteiger charge is 2.37. The zero-order valence-corrected chi connectivity index (χ0v) is 13.2. The Kier molecular flexibility index (Phi) is 6.50. The monoisotopic (exact) mass is 272 g/mol. The van der Waals surface area contributed by atoms with Crippen LogP contribution in [-0.2, 0) is 4.79 Å². The molecule has 0 aromatic heterocycles. The summed E-state index contributed by atoms with van der Waals surface area (Å²) in [6.07, 6.45) is 5.41. The molecule has 0 spiro atoms. The van der Waals surface area contributed by atoms with Gasteiger partial charge in [-0.1, -0.05) is 27.7 Å². The third-order valence-corrected chi connectivity index (χ3v) is 4.67. The molecule has 3 nitrogen and oxygen atoms in total. The van der Waals surface area contributed by atoms with Crippen molar-refractivity contribution < 1.29 is 4.79 Å². The zero-order valence-electron chi connectivity index (χ0n) is 12.4. The third-order valence-electron chi connectivity index (χ3n) is 3.63. The van der Waals surface area contributed by atoms with E-state index in [9.17, 15) is 4.79 Å². The van der Waals surface area contributed by atoms with Crippen LogP contribution in [0.1, 0.15) is 47.0 Å². The van der Waals surface area contributed by atoms with E-state index in [1.807, 2.05) is 11.8 Å². The maximum atomic E-state index is 12.3. The molecule has 1 saturated heterocycles. The van der Waals surface area contributed by atoms with E-state index in [0.29, 0.717) is 17.1 Å². The normalized spacial score (nSPS) is 26.1. The number of thioether (sulfide) groups is 1. The predicted molar refractivity (Wildman–Crippen MR) is 79.8 cm³/mol. The van der Waals surface area contributed by atoms with Crippen molar-refractivity contribution in [1.29, 1.82) is 0 Å². The average molecular weight is 272 g/mol. The van der Waals surface area contributed by atoms with E-state index in [0.717, 1.165) is 25.8 Å². The van der Waals surface area contributed by atoms with Gasteiger partial charge in [0.05, 0.1) is 12.2 Å². The van der Waals surface area contributed by atoms with Crippen molar-refractivity contribution in [2.24, 2.45) is 5.92 Å². The second kappa shape index (κ2) is 7.39. The van der Waals surface area contributed by atoms with Crippen LogP contribution in [0.15, 0.2) is 0 Å². The number of nitrogens with zero attached hydrogens (tertiary/aromatic N) is 1. The lowest BCUT2D eigenvalue weighted by molar-refractivity contribution is -0.130. The molecule has 1 heterocycles. The summed E-state index contributed by atoms with van der Waals surface area (Å²) in [5.41, 5.74) is 0. The van der Waals surface area contributed by atoms with Crippen molar-refractivity contribution in [3.05, 3.63) is 0 Å². The van der Waals surface area contributed by atoms with Gasteiger partial charge < -0.3 is 4.90 Å². The summed E-state index contributed by atoms with van der Waals surface area (Å²) >= 11 is 1.87. The molecule has 106 valence electrons. The first-order valence-corrected chi connectivity index (χ1v) is 8.37. The topological polar surface area (TPSA) is 32.3 Å². The second-order valence-corrected chi connectivity index (χ2v) is 6.92. The molecule has 1 rings (SSSR count). The summed E-state index contributed by atoms with van der Waals surface area (Å²) in [6.45, 7) is 9.63. The molecule has 4 heteroatoms. The van der Waals surface area contributed by atoms with Crippen LogP contribution >= 0.6 is 11.8 Å². The lowest BCUT2D eigenvalue weighted by atomic mass is 10.1. The van der Waals surface area contributed by atoms with Gasteiger partial charge in [0.25, 0.3) is 0 Å². The Morgan fingerprint density at radius 3 is 2.56 bits per heavy atom. The fourth-order valence-electron chi connectivity index (χ4n) is 2.39. The minimum absolute atomic E-state index is 0.0401. The quantitative estimate of drug-likeness (QED) is 0.773. The molecule has 1 aliphatic heterocycles. The van der Waals surface area contributed by atoms with E-state index in [-0.39, 0.29) is 12.2 Å². The third kappa shape index (κ3) is 4.16. The van der Waals surface area contributed by atoms with Gasteiger partial charge in [0.2, 0.25) is 5.91 Å². The number of carbonyl (C=O) groups is 1. The van der Waals surface area contributed by atoms with E-state index in [4.69, 9.17) is 0 Å². The second-order valence-electron chi connectivity index (χ2n) is 5.64. The average Bonchev–Trinajstić information content (AvgIpc) is 2.62. The van der Waals surface area contributed by atoms with Crippen molar-refractivity contribution in [2.75, 3.05) is 12.8 Å². The van der Waals surface area contributed by atoms with E-state index in [2.05, 4.69) is 44.2 Å². The van der Waals surface area contributed by atoms with Gasteiger partial charge in [0.1, 0.15) is 0 Å². The van der Waals surface area contributed by atoms with E-state index < -0.39 is 0 Å². The smallest absolute Gasteiger partial charge is 0.241 e. The van der Waals surface area contributed by atoms with Crippen LogP contribution in [0.25, 0.3) is 0 Å². The standard InChI is InChI=1S/C14H28N2OS/c1-6-12-14(17)16(8-7-11(4)18-5)13(15-12)9-10(2)3/h10-13,15H,6-9H2,1-5H3. The Hall–Kier alpha value is -0.220. The maximum Gasteiger partial charge on any atom is 0.241 e. The van der Waals surface area contributed by atoms with Crippen molar-refractivity contribution in [2.45, 2.75) is 64.4 Å². The number of amides is 1. The Morgan fingerprint density at radius 1 is 1.39 bits per heavy atom. The maximum absolute atomic E-state index is 12.3. The minimum atomic E-state index is 0.0401. The minimum Gasteiger partial charge on any atom is -0.326 e. The predicted octanol–water partition coefficient (Wildman–Crippen LogP) is 2.71. The van der Waals surface area contributed by atoms with Gasteiger partial charge >= 0.3 is 0 Å². The summed E-state index contributed by atoms with van der Waals surface area (Å²) in [5, 5.41) is 4.11. The number of hydrogen-bond donors (Lipinski definition) is 1. The summed E-state index contributed by atoms with van der Waals surface area (Å²) in [4.78, 5) is 14.4. The molecule has 0 aliphatic carbocycles. The van der Waals surface area contributed by atoms with Gasteiger partial charge in [0, 0.05) is 11.8 Å². The highest BCUT2D eigenvalue weighted by molar-refractivity contribution is 7.99. The number of rotatable bonds is 7. The van der Waals surface area contributed by atoms with Gasteiger partial charge in [0.15, 0.2) is 0 Å². The molecular formula is C14H28N2OS. The molecule has 1 fully saturated rings. The van der Waals surface area contributed by atoms with Crippen molar-refractivity contribution in [1.82, 2.24) is 10.2 Å². The first kappa shape index (κ1) is 15.8. The summed E-state index contributed by atoms with van der Waals surface area (Å²) in [6, 6.07) is 0.0401. The fraction of sp³-hybridized carbons (Fsp3) is 0.929. The lowest BCUT2D eigenvalue weighted by Crippen LogP contribution is -2.39. The SMILES string of the molecule is CCC1NC(CC(C)C)N(CCC(C)SC)C1=O.